The van der Waals surface area contributed by atoms with Gasteiger partial charge in [0, 0.05) is 0 Å². The van der Waals surface area contributed by atoms with E-state index in [4.69, 9.17) is 9.47 Å². The van der Waals surface area contributed by atoms with Crippen LogP contribution in [-0.4, -0.2) is 37.3 Å². The van der Waals surface area contributed by atoms with E-state index in [9.17, 15) is 18.8 Å². The molecule has 0 aliphatic carbocycles. The first-order valence-corrected chi connectivity index (χ1v) is 11.6. The zero-order valence-electron chi connectivity index (χ0n) is 19.8. The normalized spacial score (nSPS) is 14.7. The average Bonchev–Trinajstić information content (AvgIpc) is 2.80. The van der Waals surface area contributed by atoms with Crippen molar-refractivity contribution in [1.82, 2.24) is 0 Å². The van der Waals surface area contributed by atoms with E-state index >= 15 is 0 Å². The molecule has 0 aliphatic rings. The minimum Gasteiger partial charge on any atom is -0.495 e. The van der Waals surface area contributed by atoms with E-state index in [1.807, 2.05) is 6.92 Å². The van der Waals surface area contributed by atoms with Crippen LogP contribution in [0.2, 0.25) is 0 Å². The number of allylic oxidation sites excluding steroid dienone is 5. The molecule has 184 valence electrons. The van der Waals surface area contributed by atoms with Crippen molar-refractivity contribution in [1.29, 1.82) is 0 Å². The second-order valence-corrected chi connectivity index (χ2v) is 8.04. The van der Waals surface area contributed by atoms with Crippen molar-refractivity contribution < 1.29 is 23.4 Å². The number of ether oxygens (including phenoxy) is 2. The predicted octanol–water partition coefficient (Wildman–Crippen LogP) is 7.23. The largest absolute Gasteiger partial charge is 0.495 e. The maximum atomic E-state index is 13.0. The number of alkyl halides is 2. The molecule has 0 aromatic heterocycles. The number of unbranched alkanes of at least 4 members (excludes halogenated alkanes) is 7. The van der Waals surface area contributed by atoms with Gasteiger partial charge in [-0.3, -0.25) is 0 Å². The lowest BCUT2D eigenvalue weighted by atomic mass is 9.99. The van der Waals surface area contributed by atoms with Crippen LogP contribution in [-0.2, 0) is 9.47 Å². The quantitative estimate of drug-likeness (QED) is 0.0854. The first-order chi connectivity index (χ1) is 15.4. The van der Waals surface area contributed by atoms with Gasteiger partial charge in [-0.25, -0.2) is 8.78 Å². The molecule has 0 amide bonds. The van der Waals surface area contributed by atoms with E-state index in [0.717, 1.165) is 51.4 Å². The first kappa shape index (κ1) is 30.0. The van der Waals surface area contributed by atoms with Gasteiger partial charge in [0.2, 0.25) is 0 Å². The summed E-state index contributed by atoms with van der Waals surface area (Å²) in [4.78, 5) is 10.4. The van der Waals surface area contributed by atoms with Crippen LogP contribution >= 0.6 is 0 Å². The molecular weight excluding hydrogens is 416 g/mol. The third-order valence-electron chi connectivity index (χ3n) is 5.16. The third-order valence-corrected chi connectivity index (χ3v) is 5.16. The molecule has 1 N–H and O–H groups in total. The molecule has 7 heteroatoms. The second kappa shape index (κ2) is 19.6. The Balaban J connectivity index is 3.73. The van der Waals surface area contributed by atoms with Crippen LogP contribution in [0.5, 0.6) is 0 Å². The van der Waals surface area contributed by atoms with Crippen LogP contribution in [0.25, 0.3) is 0 Å². The number of nitrogens with zero attached hydrogens (tertiary/aromatic N) is 1. The molecule has 32 heavy (non-hydrogen) atoms. The highest BCUT2D eigenvalue weighted by Crippen LogP contribution is 2.16. The summed E-state index contributed by atoms with van der Waals surface area (Å²) in [5.74, 6) is 0.487. The molecule has 1 atom stereocenters. The van der Waals surface area contributed by atoms with Gasteiger partial charge in [-0.1, -0.05) is 52.0 Å². The maximum Gasteiger partial charge on any atom is 0.146 e. The van der Waals surface area contributed by atoms with E-state index in [0.29, 0.717) is 31.8 Å². The zero-order valence-corrected chi connectivity index (χ0v) is 19.8. The van der Waals surface area contributed by atoms with Crippen molar-refractivity contribution in [2.24, 2.45) is 5.18 Å². The minimum atomic E-state index is -0.816. The fourth-order valence-electron chi connectivity index (χ4n) is 2.75. The molecular formula is C25H41F2NO4. The number of hydrogen-bond acceptors (Lipinski definition) is 5. The summed E-state index contributed by atoms with van der Waals surface area (Å²) >= 11 is 0. The molecule has 0 saturated carbocycles. The third kappa shape index (κ3) is 16.6. The predicted molar refractivity (Wildman–Crippen MR) is 127 cm³/mol. The van der Waals surface area contributed by atoms with Crippen molar-refractivity contribution in [2.45, 2.75) is 83.7 Å². The summed E-state index contributed by atoms with van der Waals surface area (Å²) in [7, 11) is 0. The summed E-state index contributed by atoms with van der Waals surface area (Å²) in [6.45, 7) is 6.63. The number of nitroso groups, excluding NO2 is 1. The first-order valence-electron chi connectivity index (χ1n) is 11.6. The van der Waals surface area contributed by atoms with Gasteiger partial charge in [0.15, 0.2) is 0 Å². The lowest BCUT2D eigenvalue weighted by Gasteiger charge is -2.19. The van der Waals surface area contributed by atoms with Crippen molar-refractivity contribution in [3.05, 3.63) is 53.0 Å². The Bertz CT molecular complexity index is 591. The Morgan fingerprint density at radius 2 is 1.44 bits per heavy atom. The standard InChI is InChI=1S/C25H41F2NO4/c1-4-22(28-30)14-15-23(20-26)31-18-12-10-8-6-7-9-11-13-19-32-24(21-27)16-17-25(3,29)5-2/h4,14-16,29H,1,5-13,17-21H2,2-3H3/b22-14+,23-15+,24-16+. The number of rotatable bonds is 21. The molecule has 0 fully saturated rings. The Labute approximate surface area is 192 Å². The summed E-state index contributed by atoms with van der Waals surface area (Å²) in [5.41, 5.74) is -0.685. The van der Waals surface area contributed by atoms with Gasteiger partial charge >= 0.3 is 0 Å². The summed E-state index contributed by atoms with van der Waals surface area (Å²) < 4.78 is 36.7. The van der Waals surface area contributed by atoms with Crippen LogP contribution in [0.1, 0.15) is 78.1 Å². The van der Waals surface area contributed by atoms with Gasteiger partial charge in [-0.05, 0) is 62.1 Å². The van der Waals surface area contributed by atoms with Crippen LogP contribution < -0.4 is 0 Å². The fourth-order valence-corrected chi connectivity index (χ4v) is 2.75. The highest BCUT2D eigenvalue weighted by molar-refractivity contribution is 5.22. The molecule has 5 nitrogen and oxygen atoms in total. The summed E-state index contributed by atoms with van der Waals surface area (Å²) in [5, 5.41) is 12.7. The van der Waals surface area contributed by atoms with E-state index < -0.39 is 19.0 Å². The number of halogens is 2. The lowest BCUT2D eigenvalue weighted by Crippen LogP contribution is -2.21. The van der Waals surface area contributed by atoms with E-state index in [1.54, 1.807) is 13.0 Å². The lowest BCUT2D eigenvalue weighted by molar-refractivity contribution is 0.0573. The summed E-state index contributed by atoms with van der Waals surface area (Å²) in [6.07, 6.45) is 15.0. The van der Waals surface area contributed by atoms with Gasteiger partial charge in [-0.2, -0.15) is 0 Å². The monoisotopic (exact) mass is 457 g/mol. The molecule has 0 bridgehead atoms. The fraction of sp³-hybridized carbons (Fsp3) is 0.680. The molecule has 0 radical (unpaired) electrons. The summed E-state index contributed by atoms with van der Waals surface area (Å²) in [6, 6.07) is 0. The highest BCUT2D eigenvalue weighted by Gasteiger charge is 2.16. The number of aliphatic hydroxyl groups is 1. The maximum absolute atomic E-state index is 13.0. The Kier molecular flexibility index (Phi) is 18.4. The van der Waals surface area contributed by atoms with E-state index in [2.05, 4.69) is 11.8 Å². The topological polar surface area (TPSA) is 68.1 Å². The van der Waals surface area contributed by atoms with Gasteiger partial charge in [0.1, 0.15) is 30.6 Å². The van der Waals surface area contributed by atoms with Crippen molar-refractivity contribution in [3.63, 3.8) is 0 Å². The average molecular weight is 458 g/mol. The molecule has 0 rings (SSSR count). The van der Waals surface area contributed by atoms with Crippen LogP contribution in [0.3, 0.4) is 0 Å². The molecule has 0 aromatic carbocycles. The second-order valence-electron chi connectivity index (χ2n) is 8.04. The molecule has 0 aromatic rings. The van der Waals surface area contributed by atoms with Gasteiger partial charge < -0.3 is 14.6 Å². The molecule has 0 aliphatic heterocycles. The minimum absolute atomic E-state index is 0.131. The SMILES string of the molecule is C=C/C(=C\C=C(/CF)OCCCCCCCCCCO/C(=C/CC(C)(O)CC)CF)N=O. The van der Waals surface area contributed by atoms with Crippen LogP contribution in [0, 0.1) is 4.91 Å². The van der Waals surface area contributed by atoms with E-state index in [-0.39, 0.29) is 11.5 Å². The van der Waals surface area contributed by atoms with E-state index in [1.165, 1.54) is 18.2 Å². The van der Waals surface area contributed by atoms with Gasteiger partial charge in [-0.15, -0.1) is 4.91 Å². The van der Waals surface area contributed by atoms with Crippen molar-refractivity contribution in [3.8, 4) is 0 Å². The smallest absolute Gasteiger partial charge is 0.146 e. The highest BCUT2D eigenvalue weighted by atomic mass is 19.1. The van der Waals surface area contributed by atoms with Gasteiger partial charge in [0.25, 0.3) is 0 Å². The van der Waals surface area contributed by atoms with Crippen LogP contribution in [0.4, 0.5) is 8.78 Å². The zero-order chi connectivity index (χ0) is 24.1. The molecule has 0 spiro atoms. The Morgan fingerprint density at radius 3 is 1.88 bits per heavy atom. The van der Waals surface area contributed by atoms with Crippen LogP contribution in [0.15, 0.2) is 53.3 Å². The molecule has 0 saturated heterocycles. The van der Waals surface area contributed by atoms with Gasteiger partial charge in [0.05, 0.1) is 18.8 Å². The van der Waals surface area contributed by atoms with Crippen molar-refractivity contribution >= 4 is 0 Å². The van der Waals surface area contributed by atoms with Crippen molar-refractivity contribution in [2.75, 3.05) is 26.6 Å². The Morgan fingerprint density at radius 1 is 0.938 bits per heavy atom. The Hall–Kier alpha value is -2.02. The molecule has 1 unspecified atom stereocenters. The number of hydrogen-bond donors (Lipinski definition) is 1. The molecule has 0 heterocycles.